The lowest BCUT2D eigenvalue weighted by Gasteiger charge is -2.45. The van der Waals surface area contributed by atoms with Crippen LogP contribution in [0.15, 0.2) is 30.9 Å². The maximum absolute atomic E-state index is 14.0. The van der Waals surface area contributed by atoms with E-state index in [4.69, 9.17) is 10.00 Å². The van der Waals surface area contributed by atoms with E-state index in [0.29, 0.717) is 0 Å². The van der Waals surface area contributed by atoms with E-state index in [-0.39, 0.29) is 23.2 Å². The van der Waals surface area contributed by atoms with Crippen molar-refractivity contribution in [2.75, 3.05) is 0 Å². The number of allylic oxidation sites excluding steroid dienone is 1. The van der Waals surface area contributed by atoms with Crippen molar-refractivity contribution in [1.82, 2.24) is 0 Å². The molecule has 30 heavy (non-hydrogen) atoms. The van der Waals surface area contributed by atoms with Gasteiger partial charge in [-0.05, 0) is 112 Å². The number of hydrogen-bond acceptors (Lipinski definition) is 3. The molecule has 3 fully saturated rings. The molecule has 0 radical (unpaired) electrons. The van der Waals surface area contributed by atoms with Crippen LogP contribution in [-0.4, -0.2) is 5.97 Å². The van der Waals surface area contributed by atoms with Crippen molar-refractivity contribution in [3.63, 3.8) is 0 Å². The number of benzene rings is 1. The Kier molecular flexibility index (Phi) is 6.56. The van der Waals surface area contributed by atoms with Gasteiger partial charge in [0.15, 0.2) is 11.6 Å². The Hall–Kier alpha value is -2.15. The van der Waals surface area contributed by atoms with E-state index in [2.05, 4.69) is 12.7 Å². The molecule has 0 bridgehead atoms. The van der Waals surface area contributed by atoms with Crippen LogP contribution >= 0.6 is 0 Å². The van der Waals surface area contributed by atoms with Crippen molar-refractivity contribution < 1.29 is 13.9 Å². The van der Waals surface area contributed by atoms with Gasteiger partial charge in [-0.3, -0.25) is 4.79 Å². The maximum Gasteiger partial charge on any atom is 0.314 e. The molecule has 0 aliphatic heterocycles. The Balaban J connectivity index is 1.26. The van der Waals surface area contributed by atoms with Crippen LogP contribution in [0, 0.1) is 52.7 Å². The predicted octanol–water partition coefficient (Wildman–Crippen LogP) is 6.43. The normalized spacial score (nSPS) is 33.7. The molecule has 3 nitrogen and oxygen atoms in total. The number of rotatable bonds is 4. The summed E-state index contributed by atoms with van der Waals surface area (Å²) >= 11 is 0. The Morgan fingerprint density at radius 1 is 1.00 bits per heavy atom. The molecule has 0 aromatic heterocycles. The van der Waals surface area contributed by atoms with Gasteiger partial charge >= 0.3 is 5.97 Å². The third-order valence-electron chi connectivity index (χ3n) is 8.07. The molecule has 3 saturated carbocycles. The van der Waals surface area contributed by atoms with E-state index in [1.54, 1.807) is 0 Å². The number of hydrogen-bond donors (Lipinski definition) is 0. The Bertz CT molecular complexity index is 821. The molecule has 4 atom stereocenters. The molecule has 4 heteroatoms. The van der Waals surface area contributed by atoms with Crippen LogP contribution in [0.5, 0.6) is 5.75 Å². The monoisotopic (exact) mass is 409 g/mol. The summed E-state index contributed by atoms with van der Waals surface area (Å²) in [5.74, 6) is 2.84. The fraction of sp³-hybridized carbons (Fsp3) is 0.615. The zero-order chi connectivity index (χ0) is 21.1. The van der Waals surface area contributed by atoms with Crippen molar-refractivity contribution >= 4 is 5.97 Å². The largest absolute Gasteiger partial charge is 0.423 e. The lowest BCUT2D eigenvalue weighted by atomic mass is 9.61. The number of nitrogens with zero attached hydrogens (tertiary/aromatic N) is 1. The van der Waals surface area contributed by atoms with Crippen LogP contribution in [-0.2, 0) is 4.79 Å². The van der Waals surface area contributed by atoms with Gasteiger partial charge in [0.05, 0.1) is 17.6 Å². The number of nitriles is 1. The van der Waals surface area contributed by atoms with Crippen molar-refractivity contribution in [1.29, 1.82) is 5.26 Å². The summed E-state index contributed by atoms with van der Waals surface area (Å²) in [6.07, 6.45) is 14.1. The predicted molar refractivity (Wildman–Crippen MR) is 114 cm³/mol. The summed E-state index contributed by atoms with van der Waals surface area (Å²) < 4.78 is 19.3. The van der Waals surface area contributed by atoms with Gasteiger partial charge in [-0.1, -0.05) is 6.08 Å². The van der Waals surface area contributed by atoms with Gasteiger partial charge in [-0.15, -0.1) is 6.58 Å². The van der Waals surface area contributed by atoms with Gasteiger partial charge in [0.1, 0.15) is 0 Å². The van der Waals surface area contributed by atoms with Crippen LogP contribution in [0.2, 0.25) is 0 Å². The Labute approximate surface area is 179 Å². The molecule has 1 aromatic rings. The standard InChI is InChI=1S/C26H32FNO2/c1-2-17-3-5-23-15-22(11-10-21(23)13-17)19-6-8-20(9-7-19)26(29)30-25-12-4-18(16-28)14-24(25)27/h2,4,12,14,17,19-23H,1,3,5-11,13,15H2. The quantitative estimate of drug-likeness (QED) is 0.327. The molecule has 0 amide bonds. The van der Waals surface area contributed by atoms with Crippen molar-refractivity contribution in [2.24, 2.45) is 35.5 Å². The average Bonchev–Trinajstić information content (AvgIpc) is 2.79. The lowest BCUT2D eigenvalue weighted by Crippen LogP contribution is -2.35. The molecule has 0 saturated heterocycles. The number of ether oxygens (including phenoxy) is 1. The van der Waals surface area contributed by atoms with Gasteiger partial charge in [0, 0.05) is 0 Å². The highest BCUT2D eigenvalue weighted by molar-refractivity contribution is 5.75. The number of esters is 1. The van der Waals surface area contributed by atoms with Gasteiger partial charge in [0.2, 0.25) is 0 Å². The van der Waals surface area contributed by atoms with Crippen molar-refractivity contribution in [3.8, 4) is 11.8 Å². The van der Waals surface area contributed by atoms with Crippen LogP contribution in [0.4, 0.5) is 4.39 Å². The second-order valence-electron chi connectivity index (χ2n) is 9.69. The van der Waals surface area contributed by atoms with Gasteiger partial charge in [0.25, 0.3) is 0 Å². The first-order valence-corrected chi connectivity index (χ1v) is 11.6. The molecular weight excluding hydrogens is 377 g/mol. The van der Waals surface area contributed by atoms with Crippen LogP contribution < -0.4 is 4.74 Å². The highest BCUT2D eigenvalue weighted by Gasteiger charge is 2.39. The molecule has 0 spiro atoms. The lowest BCUT2D eigenvalue weighted by molar-refractivity contribution is -0.140. The van der Waals surface area contributed by atoms with Crippen LogP contribution in [0.25, 0.3) is 0 Å². The maximum atomic E-state index is 14.0. The Morgan fingerprint density at radius 2 is 1.63 bits per heavy atom. The second kappa shape index (κ2) is 9.33. The minimum absolute atomic E-state index is 0.0745. The summed E-state index contributed by atoms with van der Waals surface area (Å²) in [5.41, 5.74) is 0.223. The average molecular weight is 410 g/mol. The highest BCUT2D eigenvalue weighted by atomic mass is 19.1. The zero-order valence-corrected chi connectivity index (χ0v) is 17.7. The molecule has 3 aliphatic rings. The minimum atomic E-state index is -0.654. The summed E-state index contributed by atoms with van der Waals surface area (Å²) in [6.45, 7) is 4.00. The number of carbonyl (C=O) groups is 1. The molecular formula is C26H32FNO2. The summed E-state index contributed by atoms with van der Waals surface area (Å²) in [4.78, 5) is 12.5. The molecule has 1 aromatic carbocycles. The topological polar surface area (TPSA) is 50.1 Å². The number of fused-ring (bicyclic) bond motifs is 1. The van der Waals surface area contributed by atoms with Crippen molar-refractivity contribution in [3.05, 3.63) is 42.2 Å². The van der Waals surface area contributed by atoms with Crippen LogP contribution in [0.1, 0.15) is 69.8 Å². The van der Waals surface area contributed by atoms with E-state index >= 15 is 0 Å². The van der Waals surface area contributed by atoms with E-state index < -0.39 is 5.82 Å². The molecule has 160 valence electrons. The van der Waals surface area contributed by atoms with Gasteiger partial charge in [-0.25, -0.2) is 4.39 Å². The van der Waals surface area contributed by atoms with Crippen LogP contribution in [0.3, 0.4) is 0 Å². The molecule has 3 aliphatic carbocycles. The fourth-order valence-electron chi connectivity index (χ4n) is 6.28. The first-order chi connectivity index (χ1) is 14.6. The van der Waals surface area contributed by atoms with E-state index in [9.17, 15) is 9.18 Å². The summed E-state index contributed by atoms with van der Waals surface area (Å²) in [7, 11) is 0. The highest BCUT2D eigenvalue weighted by Crippen LogP contribution is 2.49. The Morgan fingerprint density at radius 3 is 2.30 bits per heavy atom. The molecule has 4 rings (SSSR count). The smallest absolute Gasteiger partial charge is 0.314 e. The van der Waals surface area contributed by atoms with E-state index in [1.807, 2.05) is 6.07 Å². The summed E-state index contributed by atoms with van der Waals surface area (Å²) in [5, 5.41) is 8.83. The molecule has 0 N–H and O–H groups in total. The fourth-order valence-corrected chi connectivity index (χ4v) is 6.28. The van der Waals surface area contributed by atoms with E-state index in [1.165, 1.54) is 50.7 Å². The summed E-state index contributed by atoms with van der Waals surface area (Å²) in [6, 6.07) is 5.84. The van der Waals surface area contributed by atoms with Gasteiger partial charge < -0.3 is 4.74 Å². The third kappa shape index (κ3) is 4.61. The molecule has 4 unspecified atom stereocenters. The van der Waals surface area contributed by atoms with Crippen molar-refractivity contribution in [2.45, 2.75) is 64.2 Å². The van der Waals surface area contributed by atoms with E-state index in [0.717, 1.165) is 61.3 Å². The first kappa shape index (κ1) is 21.1. The molecule has 0 heterocycles. The first-order valence-electron chi connectivity index (χ1n) is 11.6. The number of carbonyl (C=O) groups excluding carboxylic acids is 1. The number of halogens is 1. The van der Waals surface area contributed by atoms with Gasteiger partial charge in [-0.2, -0.15) is 5.26 Å². The third-order valence-corrected chi connectivity index (χ3v) is 8.07. The SMILES string of the molecule is C=CC1CCC2CC(C3CCC(C(=O)Oc4ccc(C#N)cc4F)CC3)CCC2C1. The zero-order valence-electron chi connectivity index (χ0n) is 17.7. The second-order valence-corrected chi connectivity index (χ2v) is 9.69. The minimum Gasteiger partial charge on any atom is -0.423 e.